The van der Waals surface area contributed by atoms with Crippen molar-refractivity contribution in [2.75, 3.05) is 0 Å². The van der Waals surface area contributed by atoms with Crippen molar-refractivity contribution in [2.45, 2.75) is 0 Å². The maximum atomic E-state index is 10.5. The lowest BCUT2D eigenvalue weighted by molar-refractivity contribution is 0.0697. The lowest BCUT2D eigenvalue weighted by Crippen LogP contribution is -1.94. The number of nitrogens with two attached hydrogens (primary N) is 1. The van der Waals surface area contributed by atoms with Crippen LogP contribution in [0, 0.1) is 0 Å². The van der Waals surface area contributed by atoms with Gasteiger partial charge >= 0.3 is 5.97 Å². The first-order valence-electron chi connectivity index (χ1n) is 3.18. The number of carboxylic acids is 1. The monoisotopic (exact) mass is 165 g/mol. The smallest absolute Gasteiger partial charge is 0.335 e. The van der Waals surface area contributed by atoms with Gasteiger partial charge in [-0.1, -0.05) is 11.3 Å². The van der Waals surface area contributed by atoms with Gasteiger partial charge in [0.25, 0.3) is 0 Å². The zero-order chi connectivity index (χ0) is 8.97. The van der Waals surface area contributed by atoms with Crippen molar-refractivity contribution in [1.29, 1.82) is 0 Å². The van der Waals surface area contributed by atoms with Crippen LogP contribution in [-0.2, 0) is 0 Å². The third-order valence-electron chi connectivity index (χ3n) is 1.27. The molecule has 0 fully saturated rings. The van der Waals surface area contributed by atoms with E-state index >= 15 is 0 Å². The molecule has 5 heteroatoms. The minimum absolute atomic E-state index is 0.167. The number of carboxylic acid groups (broad SMARTS) is 1. The van der Waals surface area contributed by atoms with E-state index in [2.05, 4.69) is 10.3 Å². The Hall–Kier alpha value is -1.91. The second-order valence-corrected chi connectivity index (χ2v) is 2.07. The molecule has 0 aliphatic rings. The van der Waals surface area contributed by atoms with Gasteiger partial charge in [-0.2, -0.15) is 0 Å². The molecule has 12 heavy (non-hydrogen) atoms. The van der Waals surface area contributed by atoms with E-state index in [9.17, 15) is 4.79 Å². The van der Waals surface area contributed by atoms with Gasteiger partial charge in [0.15, 0.2) is 0 Å². The molecule has 1 aromatic carbocycles. The number of rotatable bonds is 2. The Morgan fingerprint density at radius 3 is 2.83 bits per heavy atom. The summed E-state index contributed by atoms with van der Waals surface area (Å²) in [5.74, 6) is 3.80. The van der Waals surface area contributed by atoms with Crippen LogP contribution in [0.2, 0.25) is 0 Å². The molecule has 3 N–H and O–H groups in total. The molecule has 0 aromatic heterocycles. The number of aromatic carboxylic acids is 1. The predicted octanol–water partition coefficient (Wildman–Crippen LogP) is 1.34. The van der Waals surface area contributed by atoms with Gasteiger partial charge < -0.3 is 10.9 Å². The molecule has 0 atom stereocenters. The zero-order valence-electron chi connectivity index (χ0n) is 6.14. The van der Waals surface area contributed by atoms with Crippen molar-refractivity contribution >= 4 is 11.7 Å². The van der Waals surface area contributed by atoms with Gasteiger partial charge in [0, 0.05) is 0 Å². The average Bonchev–Trinajstić information content (AvgIpc) is 2.05. The number of benzene rings is 1. The normalized spacial score (nSPS) is 10.3. The van der Waals surface area contributed by atoms with Crippen molar-refractivity contribution in [3.8, 4) is 0 Å². The van der Waals surface area contributed by atoms with Gasteiger partial charge in [-0.25, -0.2) is 4.79 Å². The molecule has 0 aliphatic carbocycles. The Labute approximate surface area is 68.5 Å². The quantitative estimate of drug-likeness (QED) is 0.393. The highest BCUT2D eigenvalue weighted by Gasteiger charge is 2.01. The number of carbonyl (C=O) groups is 1. The molecule has 0 heterocycles. The van der Waals surface area contributed by atoms with Crippen molar-refractivity contribution in [3.05, 3.63) is 29.8 Å². The first-order valence-corrected chi connectivity index (χ1v) is 3.18. The highest BCUT2D eigenvalue weighted by Crippen LogP contribution is 2.13. The number of hydrogen-bond acceptors (Lipinski definition) is 3. The van der Waals surface area contributed by atoms with E-state index < -0.39 is 5.97 Å². The Bertz CT molecular complexity index is 322. The van der Waals surface area contributed by atoms with Crippen LogP contribution < -0.4 is 5.84 Å². The van der Waals surface area contributed by atoms with Crippen LogP contribution in [0.1, 0.15) is 10.4 Å². The molecule has 0 amide bonds. The topological polar surface area (TPSA) is 88.0 Å². The van der Waals surface area contributed by atoms with E-state index in [-0.39, 0.29) is 5.56 Å². The van der Waals surface area contributed by atoms with Crippen LogP contribution in [0.5, 0.6) is 0 Å². The summed E-state index contributed by atoms with van der Waals surface area (Å²) in [6.07, 6.45) is 0. The lowest BCUT2D eigenvalue weighted by atomic mass is 10.2. The largest absolute Gasteiger partial charge is 0.478 e. The highest BCUT2D eigenvalue weighted by molar-refractivity contribution is 5.88. The molecular weight excluding hydrogens is 158 g/mol. The fraction of sp³-hybridized carbons (Fsp3) is 0. The highest BCUT2D eigenvalue weighted by atomic mass is 16.4. The summed E-state index contributed by atoms with van der Waals surface area (Å²) in [6.45, 7) is 0. The molecular formula is C7H7N3O2. The first-order chi connectivity index (χ1) is 5.74. The molecule has 1 aromatic rings. The van der Waals surface area contributed by atoms with Gasteiger partial charge in [-0.3, -0.25) is 0 Å². The Morgan fingerprint density at radius 1 is 1.50 bits per heavy atom. The van der Waals surface area contributed by atoms with Gasteiger partial charge in [-0.15, -0.1) is 5.11 Å². The van der Waals surface area contributed by atoms with E-state index in [1.165, 1.54) is 12.1 Å². The lowest BCUT2D eigenvalue weighted by Gasteiger charge is -1.93. The van der Waals surface area contributed by atoms with Crippen molar-refractivity contribution < 1.29 is 9.90 Å². The van der Waals surface area contributed by atoms with Gasteiger partial charge in [0.2, 0.25) is 0 Å². The van der Waals surface area contributed by atoms with Crippen LogP contribution in [-0.4, -0.2) is 11.1 Å². The first kappa shape index (κ1) is 8.19. The maximum absolute atomic E-state index is 10.5. The van der Waals surface area contributed by atoms with E-state index in [0.717, 1.165) is 0 Å². The summed E-state index contributed by atoms with van der Waals surface area (Å²) in [6, 6.07) is 6.05. The third-order valence-corrected chi connectivity index (χ3v) is 1.27. The molecule has 0 saturated heterocycles. The second kappa shape index (κ2) is 3.47. The summed E-state index contributed by atoms with van der Waals surface area (Å²) in [4.78, 5) is 10.5. The van der Waals surface area contributed by atoms with Gasteiger partial charge in [-0.05, 0) is 18.2 Å². The van der Waals surface area contributed by atoms with E-state index in [1.54, 1.807) is 12.1 Å². The fourth-order valence-electron chi connectivity index (χ4n) is 0.768. The molecule has 62 valence electrons. The van der Waals surface area contributed by atoms with Gasteiger partial charge in [0.1, 0.15) is 0 Å². The Balaban J connectivity index is 3.03. The molecule has 0 saturated carbocycles. The second-order valence-electron chi connectivity index (χ2n) is 2.07. The molecule has 0 unspecified atom stereocenters. The van der Waals surface area contributed by atoms with Crippen LogP contribution in [0.15, 0.2) is 34.6 Å². The fourth-order valence-corrected chi connectivity index (χ4v) is 0.768. The van der Waals surface area contributed by atoms with Crippen molar-refractivity contribution in [2.24, 2.45) is 16.2 Å². The van der Waals surface area contributed by atoms with Crippen molar-refractivity contribution in [3.63, 3.8) is 0 Å². The molecule has 5 nitrogen and oxygen atoms in total. The minimum Gasteiger partial charge on any atom is -0.478 e. The molecule has 0 spiro atoms. The van der Waals surface area contributed by atoms with Crippen LogP contribution in [0.3, 0.4) is 0 Å². The summed E-state index contributed by atoms with van der Waals surface area (Å²) >= 11 is 0. The third kappa shape index (κ3) is 1.79. The summed E-state index contributed by atoms with van der Waals surface area (Å²) in [7, 11) is 0. The summed E-state index contributed by atoms with van der Waals surface area (Å²) < 4.78 is 0. The van der Waals surface area contributed by atoms with Crippen LogP contribution >= 0.6 is 0 Å². The van der Waals surface area contributed by atoms with E-state index in [4.69, 9.17) is 10.9 Å². The van der Waals surface area contributed by atoms with E-state index in [0.29, 0.717) is 5.69 Å². The number of hydrogen-bond donors (Lipinski definition) is 2. The van der Waals surface area contributed by atoms with E-state index in [1.807, 2.05) is 0 Å². The Kier molecular flexibility index (Phi) is 2.37. The molecule has 1 rings (SSSR count). The maximum Gasteiger partial charge on any atom is 0.335 e. The van der Waals surface area contributed by atoms with Gasteiger partial charge in [0.05, 0.1) is 11.3 Å². The summed E-state index contributed by atoms with van der Waals surface area (Å²) in [5, 5.41) is 15.1. The summed E-state index contributed by atoms with van der Waals surface area (Å²) in [5.41, 5.74) is 0.595. The van der Waals surface area contributed by atoms with Crippen LogP contribution in [0.4, 0.5) is 5.69 Å². The standard InChI is InChI=1S/C7H7N3O2/c8-10-9-6-3-1-2-5(4-6)7(11)12/h1-4H,(H2,8,9)(H,11,12). The average molecular weight is 165 g/mol. The molecule has 0 radical (unpaired) electrons. The number of nitrogens with zero attached hydrogens (tertiary/aromatic N) is 2. The molecule has 0 bridgehead atoms. The van der Waals surface area contributed by atoms with Crippen molar-refractivity contribution in [1.82, 2.24) is 0 Å². The SMILES string of the molecule is NN=Nc1cccc(C(=O)O)c1. The van der Waals surface area contributed by atoms with Crippen LogP contribution in [0.25, 0.3) is 0 Å². The predicted molar refractivity (Wildman–Crippen MR) is 42.1 cm³/mol. The Morgan fingerprint density at radius 2 is 2.25 bits per heavy atom. The minimum atomic E-state index is -0.996. The molecule has 0 aliphatic heterocycles. The zero-order valence-corrected chi connectivity index (χ0v) is 6.14.